The normalized spacial score (nSPS) is 31.1. The zero-order chi connectivity index (χ0) is 15.8. The Hall–Kier alpha value is -1.93. The molecule has 0 radical (unpaired) electrons. The maximum absolute atomic E-state index is 13.1. The SMILES string of the molecule is CN1[C@H](c2ccccc2)[C@@H]2CCC[C@@H](C2=O)[C@@H]1c1ccccc1. The Bertz CT molecular complexity index is 624. The minimum Gasteiger partial charge on any atom is -0.299 e. The van der Waals surface area contributed by atoms with Gasteiger partial charge in [-0.3, -0.25) is 9.69 Å². The molecular formula is C21H23NO. The molecule has 1 aliphatic carbocycles. The van der Waals surface area contributed by atoms with Crippen molar-refractivity contribution in [2.75, 3.05) is 7.05 Å². The van der Waals surface area contributed by atoms with Crippen molar-refractivity contribution in [1.29, 1.82) is 0 Å². The van der Waals surface area contributed by atoms with E-state index in [9.17, 15) is 4.79 Å². The molecule has 0 amide bonds. The summed E-state index contributed by atoms with van der Waals surface area (Å²) in [6, 6.07) is 21.5. The Balaban J connectivity index is 1.79. The molecule has 2 nitrogen and oxygen atoms in total. The van der Waals surface area contributed by atoms with Gasteiger partial charge in [-0.25, -0.2) is 0 Å². The molecule has 118 valence electrons. The van der Waals surface area contributed by atoms with Crippen LogP contribution < -0.4 is 0 Å². The largest absolute Gasteiger partial charge is 0.299 e. The monoisotopic (exact) mass is 305 g/mol. The smallest absolute Gasteiger partial charge is 0.142 e. The fourth-order valence-corrected chi connectivity index (χ4v) is 4.72. The van der Waals surface area contributed by atoms with Crippen LogP contribution in [0.1, 0.15) is 42.5 Å². The number of nitrogens with zero attached hydrogens (tertiary/aromatic N) is 1. The quantitative estimate of drug-likeness (QED) is 0.819. The van der Waals surface area contributed by atoms with Gasteiger partial charge in [-0.2, -0.15) is 0 Å². The van der Waals surface area contributed by atoms with E-state index in [2.05, 4.69) is 60.5 Å². The highest BCUT2D eigenvalue weighted by atomic mass is 16.1. The first kappa shape index (κ1) is 14.6. The molecular weight excluding hydrogens is 282 g/mol. The third-order valence-electron chi connectivity index (χ3n) is 5.68. The van der Waals surface area contributed by atoms with E-state index in [0.717, 1.165) is 12.8 Å². The van der Waals surface area contributed by atoms with Gasteiger partial charge >= 0.3 is 0 Å². The van der Waals surface area contributed by atoms with Crippen molar-refractivity contribution in [3.63, 3.8) is 0 Å². The fraction of sp³-hybridized carbons (Fsp3) is 0.381. The summed E-state index contributed by atoms with van der Waals surface area (Å²) in [6.07, 6.45) is 3.23. The molecule has 2 aromatic carbocycles. The van der Waals surface area contributed by atoms with Gasteiger partial charge in [0.05, 0.1) is 0 Å². The molecule has 0 N–H and O–H groups in total. The summed E-state index contributed by atoms with van der Waals surface area (Å²) in [4.78, 5) is 15.6. The number of piperidine rings is 1. The lowest BCUT2D eigenvalue weighted by molar-refractivity contribution is -0.143. The zero-order valence-corrected chi connectivity index (χ0v) is 13.6. The van der Waals surface area contributed by atoms with E-state index >= 15 is 0 Å². The van der Waals surface area contributed by atoms with Crippen LogP contribution in [0, 0.1) is 11.8 Å². The van der Waals surface area contributed by atoms with Gasteiger partial charge in [-0.15, -0.1) is 0 Å². The number of benzene rings is 2. The van der Waals surface area contributed by atoms with E-state index in [1.54, 1.807) is 0 Å². The molecule has 0 aromatic heterocycles. The number of likely N-dealkylation sites (tertiary alicyclic amines) is 1. The number of rotatable bonds is 2. The van der Waals surface area contributed by atoms with Crippen LogP contribution in [-0.4, -0.2) is 17.7 Å². The van der Waals surface area contributed by atoms with E-state index in [1.165, 1.54) is 17.5 Å². The molecule has 23 heavy (non-hydrogen) atoms. The van der Waals surface area contributed by atoms with Crippen LogP contribution in [-0.2, 0) is 4.79 Å². The van der Waals surface area contributed by atoms with Gasteiger partial charge in [0.2, 0.25) is 0 Å². The Morgan fingerprint density at radius 1 is 0.783 bits per heavy atom. The summed E-state index contributed by atoms with van der Waals surface area (Å²) in [5, 5.41) is 0. The molecule has 2 aliphatic rings. The van der Waals surface area contributed by atoms with Crippen LogP contribution in [0.5, 0.6) is 0 Å². The van der Waals surface area contributed by atoms with E-state index in [4.69, 9.17) is 0 Å². The van der Waals surface area contributed by atoms with Gasteiger partial charge in [0.25, 0.3) is 0 Å². The molecule has 1 aliphatic heterocycles. The Morgan fingerprint density at radius 3 is 1.65 bits per heavy atom. The number of hydrogen-bond acceptors (Lipinski definition) is 2. The summed E-state index contributed by atoms with van der Waals surface area (Å²) in [7, 11) is 2.20. The molecule has 0 spiro atoms. The number of carbonyl (C=O) groups is 1. The van der Waals surface area contributed by atoms with Crippen molar-refractivity contribution in [3.05, 3.63) is 71.8 Å². The summed E-state index contributed by atoms with van der Waals surface area (Å²) in [6.45, 7) is 0. The summed E-state index contributed by atoms with van der Waals surface area (Å²) in [5.74, 6) is 0.791. The predicted molar refractivity (Wildman–Crippen MR) is 92.0 cm³/mol. The fourth-order valence-electron chi connectivity index (χ4n) is 4.72. The van der Waals surface area contributed by atoms with Gasteiger partial charge in [0.15, 0.2) is 0 Å². The maximum atomic E-state index is 13.1. The average Bonchev–Trinajstić information content (AvgIpc) is 2.59. The lowest BCUT2D eigenvalue weighted by Crippen LogP contribution is -2.51. The minimum atomic E-state index is 0.154. The van der Waals surface area contributed by atoms with E-state index in [0.29, 0.717) is 5.78 Å². The second kappa shape index (κ2) is 5.93. The van der Waals surface area contributed by atoms with Crippen LogP contribution >= 0.6 is 0 Å². The van der Waals surface area contributed by atoms with Crippen LogP contribution in [0.4, 0.5) is 0 Å². The Kier molecular flexibility index (Phi) is 3.78. The van der Waals surface area contributed by atoms with E-state index in [1.807, 2.05) is 12.1 Å². The van der Waals surface area contributed by atoms with Crippen LogP contribution in [0.25, 0.3) is 0 Å². The predicted octanol–water partition coefficient (Wildman–Crippen LogP) is 4.40. The van der Waals surface area contributed by atoms with E-state index < -0.39 is 0 Å². The highest BCUT2D eigenvalue weighted by Gasteiger charge is 2.49. The molecule has 2 aromatic rings. The van der Waals surface area contributed by atoms with Crippen molar-refractivity contribution < 1.29 is 4.79 Å². The van der Waals surface area contributed by atoms with Crippen LogP contribution in [0.2, 0.25) is 0 Å². The zero-order valence-electron chi connectivity index (χ0n) is 13.6. The second-order valence-corrected chi connectivity index (χ2v) is 6.92. The molecule has 1 saturated carbocycles. The second-order valence-electron chi connectivity index (χ2n) is 6.92. The Labute approximate surface area is 138 Å². The van der Waals surface area contributed by atoms with E-state index in [-0.39, 0.29) is 23.9 Å². The van der Waals surface area contributed by atoms with Gasteiger partial charge in [0, 0.05) is 23.9 Å². The lowest BCUT2D eigenvalue weighted by atomic mass is 9.66. The summed E-state index contributed by atoms with van der Waals surface area (Å²) >= 11 is 0. The Morgan fingerprint density at radius 2 is 1.22 bits per heavy atom. The molecule has 0 unspecified atom stereocenters. The molecule has 2 bridgehead atoms. The lowest BCUT2D eigenvalue weighted by Gasteiger charge is -2.50. The molecule has 1 heterocycles. The molecule has 2 heteroatoms. The maximum Gasteiger partial charge on any atom is 0.142 e. The first-order chi connectivity index (χ1) is 11.3. The molecule has 2 fully saturated rings. The number of fused-ring (bicyclic) bond motifs is 2. The van der Waals surface area contributed by atoms with Crippen molar-refractivity contribution in [1.82, 2.24) is 4.90 Å². The van der Waals surface area contributed by atoms with Crippen LogP contribution in [0.15, 0.2) is 60.7 Å². The van der Waals surface area contributed by atoms with Gasteiger partial charge in [-0.1, -0.05) is 67.1 Å². The minimum absolute atomic E-state index is 0.154. The topological polar surface area (TPSA) is 20.3 Å². The summed E-state index contributed by atoms with van der Waals surface area (Å²) < 4.78 is 0. The van der Waals surface area contributed by atoms with Crippen LogP contribution in [0.3, 0.4) is 0 Å². The van der Waals surface area contributed by atoms with Gasteiger partial charge in [0.1, 0.15) is 5.78 Å². The van der Waals surface area contributed by atoms with Gasteiger partial charge in [-0.05, 0) is 31.0 Å². The number of carbonyl (C=O) groups excluding carboxylic acids is 1. The van der Waals surface area contributed by atoms with Crippen molar-refractivity contribution >= 4 is 5.78 Å². The standard InChI is InChI=1S/C21H23NO/c1-22-19(15-9-4-2-5-10-15)17-13-8-14-18(21(17)23)20(22)16-11-6-3-7-12-16/h2-7,9-12,17-20H,8,13-14H2,1H3/t17-,18+,19+,20-. The molecule has 4 rings (SSSR count). The highest BCUT2D eigenvalue weighted by Crippen LogP contribution is 2.50. The summed E-state index contributed by atoms with van der Waals surface area (Å²) in [5.41, 5.74) is 2.55. The third kappa shape index (κ3) is 2.42. The van der Waals surface area contributed by atoms with Crippen molar-refractivity contribution in [2.45, 2.75) is 31.3 Å². The molecule has 1 saturated heterocycles. The number of Topliss-reactive ketones (excluding diaryl/α,β-unsaturated/α-hetero) is 1. The third-order valence-corrected chi connectivity index (χ3v) is 5.68. The average molecular weight is 305 g/mol. The van der Waals surface area contributed by atoms with Crippen molar-refractivity contribution in [2.24, 2.45) is 11.8 Å². The van der Waals surface area contributed by atoms with Gasteiger partial charge < -0.3 is 0 Å². The van der Waals surface area contributed by atoms with Crippen molar-refractivity contribution in [3.8, 4) is 0 Å². The first-order valence-electron chi connectivity index (χ1n) is 8.63. The molecule has 4 atom stereocenters. The first-order valence-corrected chi connectivity index (χ1v) is 8.63. The number of ketones is 1. The highest BCUT2D eigenvalue weighted by molar-refractivity contribution is 5.86. The number of hydrogen-bond donors (Lipinski definition) is 0.